The summed E-state index contributed by atoms with van der Waals surface area (Å²) in [5.41, 5.74) is 5.47. The molecule has 3 heteroatoms. The fraction of sp³-hybridized carbons (Fsp3) is 0.200. The largest absolute Gasteiger partial charge is 0.491 e. The molecular weight excluding hydrogens is 368 g/mol. The third-order valence-corrected chi connectivity index (χ3v) is 4.42. The Morgan fingerprint density at radius 1 is 1.11 bits per heavy atom. The van der Waals surface area contributed by atoms with Crippen molar-refractivity contribution >= 4 is 22.7 Å². The topological polar surface area (TPSA) is 29.5 Å². The summed E-state index contributed by atoms with van der Waals surface area (Å²) in [6.45, 7) is 2.26. The summed E-state index contributed by atoms with van der Waals surface area (Å²) in [5.74, 6) is 3.80. The number of rotatable bonds is 9. The molecule has 2 aromatic rings. The van der Waals surface area contributed by atoms with Crippen LogP contribution in [-0.2, 0) is 0 Å². The first-order valence-corrected chi connectivity index (χ1v) is 9.76. The highest BCUT2D eigenvalue weighted by atomic mass is 35.5. The number of alkyl halides is 1. The van der Waals surface area contributed by atoms with Gasteiger partial charge in [0, 0.05) is 5.88 Å². The Bertz CT molecular complexity index is 869. The van der Waals surface area contributed by atoms with Crippen LogP contribution in [0, 0.1) is 12.3 Å². The van der Waals surface area contributed by atoms with Gasteiger partial charge in [-0.25, -0.2) is 0 Å². The Hall–Kier alpha value is -2.73. The van der Waals surface area contributed by atoms with Gasteiger partial charge in [0.25, 0.3) is 0 Å². The van der Waals surface area contributed by atoms with Gasteiger partial charge in [-0.1, -0.05) is 54.5 Å². The molecule has 2 nitrogen and oxygen atoms in total. The first-order chi connectivity index (χ1) is 13.7. The number of ether oxygens (including phenoxy) is 1. The van der Waals surface area contributed by atoms with E-state index in [0.29, 0.717) is 5.88 Å². The number of allylic oxidation sites excluding steroid dienone is 6. The van der Waals surface area contributed by atoms with Crippen LogP contribution in [0.2, 0.25) is 0 Å². The number of hydrogen-bond acceptors (Lipinski definition) is 2. The van der Waals surface area contributed by atoms with Crippen molar-refractivity contribution in [3.05, 3.63) is 89.5 Å². The second-order valence-corrected chi connectivity index (χ2v) is 6.38. The molecule has 0 aromatic heterocycles. The van der Waals surface area contributed by atoms with Gasteiger partial charge in [0.2, 0.25) is 0 Å². The summed E-state index contributed by atoms with van der Waals surface area (Å²) in [7, 11) is 0. The van der Waals surface area contributed by atoms with Crippen LogP contribution >= 0.6 is 11.6 Å². The smallest absolute Gasteiger partial charge is 0.119 e. The standard InChI is InChI=1S/C25H25ClO2/c1-3-5-9-20(4-2)25(22-12-14-23(15-13-22)28-19-18-27)24(16-17-26)21-10-7-6-8-11-21/h1,4-15,27H,16-19H2,2H3/b9-5-,20-4+,25-24-. The lowest BCUT2D eigenvalue weighted by Crippen LogP contribution is -2.02. The predicted octanol–water partition coefficient (Wildman–Crippen LogP) is 5.73. The van der Waals surface area contributed by atoms with Gasteiger partial charge in [-0.15, -0.1) is 18.0 Å². The maximum Gasteiger partial charge on any atom is 0.119 e. The first-order valence-electron chi connectivity index (χ1n) is 9.23. The minimum Gasteiger partial charge on any atom is -0.491 e. The molecule has 0 aliphatic rings. The van der Waals surface area contributed by atoms with Crippen molar-refractivity contribution in [2.75, 3.05) is 19.1 Å². The summed E-state index contributed by atoms with van der Waals surface area (Å²) in [5, 5.41) is 8.94. The maximum absolute atomic E-state index is 8.94. The molecule has 144 valence electrons. The first kappa shape index (κ1) is 21.6. The quantitative estimate of drug-likeness (QED) is 0.255. The summed E-state index contributed by atoms with van der Waals surface area (Å²) >= 11 is 6.16. The van der Waals surface area contributed by atoms with E-state index in [1.165, 1.54) is 0 Å². The zero-order valence-corrected chi connectivity index (χ0v) is 16.8. The van der Waals surface area contributed by atoms with Gasteiger partial charge in [0.15, 0.2) is 0 Å². The minimum atomic E-state index is -0.0135. The molecule has 0 spiro atoms. The van der Waals surface area contributed by atoms with E-state index in [2.05, 4.69) is 24.1 Å². The van der Waals surface area contributed by atoms with E-state index in [1.807, 2.05) is 55.5 Å². The Labute approximate surface area is 172 Å². The molecule has 0 saturated heterocycles. The van der Waals surface area contributed by atoms with E-state index in [1.54, 1.807) is 6.08 Å². The van der Waals surface area contributed by atoms with Crippen molar-refractivity contribution in [2.24, 2.45) is 0 Å². The van der Waals surface area contributed by atoms with Crippen molar-refractivity contribution in [3.63, 3.8) is 0 Å². The van der Waals surface area contributed by atoms with Crippen LogP contribution in [0.4, 0.5) is 0 Å². The average molecular weight is 393 g/mol. The van der Waals surface area contributed by atoms with E-state index in [9.17, 15) is 0 Å². The molecule has 0 aliphatic carbocycles. The zero-order chi connectivity index (χ0) is 20.2. The van der Waals surface area contributed by atoms with Crippen molar-refractivity contribution in [1.82, 2.24) is 0 Å². The third kappa shape index (κ3) is 5.89. The van der Waals surface area contributed by atoms with Crippen molar-refractivity contribution in [2.45, 2.75) is 13.3 Å². The molecule has 0 fully saturated rings. The Kier molecular flexibility index (Phi) is 9.15. The minimum absolute atomic E-state index is 0.0135. The third-order valence-electron chi connectivity index (χ3n) is 4.23. The molecule has 0 aliphatic heterocycles. The Morgan fingerprint density at radius 2 is 1.82 bits per heavy atom. The average Bonchev–Trinajstić information content (AvgIpc) is 2.75. The van der Waals surface area contributed by atoms with Crippen LogP contribution in [0.3, 0.4) is 0 Å². The number of terminal acetylenes is 1. The second kappa shape index (κ2) is 11.9. The molecule has 2 aromatic carbocycles. The van der Waals surface area contributed by atoms with Crippen LogP contribution in [0.25, 0.3) is 11.1 Å². The van der Waals surface area contributed by atoms with Gasteiger partial charge in [0.1, 0.15) is 12.4 Å². The van der Waals surface area contributed by atoms with Crippen LogP contribution < -0.4 is 4.74 Å². The lowest BCUT2D eigenvalue weighted by Gasteiger charge is -2.18. The fourth-order valence-electron chi connectivity index (χ4n) is 3.01. The van der Waals surface area contributed by atoms with E-state index < -0.39 is 0 Å². The van der Waals surface area contributed by atoms with Crippen LogP contribution in [0.5, 0.6) is 5.75 Å². The maximum atomic E-state index is 8.94. The second-order valence-electron chi connectivity index (χ2n) is 6.00. The highest BCUT2D eigenvalue weighted by Crippen LogP contribution is 2.36. The van der Waals surface area contributed by atoms with Crippen LogP contribution in [-0.4, -0.2) is 24.2 Å². The summed E-state index contributed by atoms with van der Waals surface area (Å²) in [6.07, 6.45) is 11.9. The van der Waals surface area contributed by atoms with Gasteiger partial charge in [-0.05, 0) is 65.5 Å². The molecule has 0 unspecified atom stereocenters. The van der Waals surface area contributed by atoms with E-state index in [4.69, 9.17) is 27.9 Å². The van der Waals surface area contributed by atoms with E-state index in [-0.39, 0.29) is 13.2 Å². The monoisotopic (exact) mass is 392 g/mol. The normalized spacial score (nSPS) is 12.6. The molecular formula is C25H25ClO2. The van der Waals surface area contributed by atoms with Gasteiger partial charge >= 0.3 is 0 Å². The van der Waals surface area contributed by atoms with Crippen molar-refractivity contribution in [3.8, 4) is 18.1 Å². The molecule has 1 N–H and O–H groups in total. The Balaban J connectivity index is 2.64. The fourth-order valence-corrected chi connectivity index (χ4v) is 3.19. The van der Waals surface area contributed by atoms with Gasteiger partial charge < -0.3 is 9.84 Å². The molecule has 0 atom stereocenters. The number of hydrogen-bond donors (Lipinski definition) is 1. The van der Waals surface area contributed by atoms with E-state index in [0.717, 1.165) is 40.0 Å². The number of aliphatic hydroxyl groups is 1. The van der Waals surface area contributed by atoms with Gasteiger partial charge in [-0.2, -0.15) is 0 Å². The molecule has 0 heterocycles. The molecule has 0 amide bonds. The van der Waals surface area contributed by atoms with Crippen LogP contribution in [0.15, 0.2) is 78.4 Å². The predicted molar refractivity (Wildman–Crippen MR) is 119 cm³/mol. The Morgan fingerprint density at radius 3 is 2.39 bits per heavy atom. The number of benzene rings is 2. The lowest BCUT2D eigenvalue weighted by molar-refractivity contribution is 0.201. The SMILES string of the molecule is C#C\C=C/C(=C\C)C(=C(\CCCl)c1ccccc1)/c1ccc(OCCO)cc1. The summed E-state index contributed by atoms with van der Waals surface area (Å²) < 4.78 is 5.49. The molecule has 0 bridgehead atoms. The van der Waals surface area contributed by atoms with E-state index >= 15 is 0 Å². The summed E-state index contributed by atoms with van der Waals surface area (Å²) in [6, 6.07) is 18.1. The van der Waals surface area contributed by atoms with Crippen LogP contribution in [0.1, 0.15) is 24.5 Å². The summed E-state index contributed by atoms with van der Waals surface area (Å²) in [4.78, 5) is 0. The van der Waals surface area contributed by atoms with Gasteiger partial charge in [0.05, 0.1) is 6.61 Å². The highest BCUT2D eigenvalue weighted by Gasteiger charge is 2.14. The number of halogens is 1. The molecule has 0 radical (unpaired) electrons. The highest BCUT2D eigenvalue weighted by molar-refractivity contribution is 6.18. The lowest BCUT2D eigenvalue weighted by atomic mass is 9.87. The zero-order valence-electron chi connectivity index (χ0n) is 16.1. The van der Waals surface area contributed by atoms with Crippen molar-refractivity contribution < 1.29 is 9.84 Å². The molecule has 28 heavy (non-hydrogen) atoms. The molecule has 2 rings (SSSR count). The van der Waals surface area contributed by atoms with Crippen molar-refractivity contribution in [1.29, 1.82) is 0 Å². The molecule has 0 saturated carbocycles. The van der Waals surface area contributed by atoms with Gasteiger partial charge in [-0.3, -0.25) is 0 Å². The number of aliphatic hydroxyl groups excluding tert-OH is 1.